The molecule has 0 atom stereocenters. The minimum atomic E-state index is -0.292. The van der Waals surface area contributed by atoms with E-state index >= 15 is 0 Å². The third kappa shape index (κ3) is 4.47. The van der Waals surface area contributed by atoms with Gasteiger partial charge in [0.1, 0.15) is 5.69 Å². The lowest BCUT2D eigenvalue weighted by molar-refractivity contribution is 0.0776. The minimum absolute atomic E-state index is 0.199. The summed E-state index contributed by atoms with van der Waals surface area (Å²) in [6.45, 7) is 0.641. The first-order valence-corrected chi connectivity index (χ1v) is 8.43. The van der Waals surface area contributed by atoms with E-state index in [1.807, 2.05) is 36.4 Å². The first kappa shape index (κ1) is 18.1. The molecule has 6 heteroatoms. The lowest BCUT2D eigenvalue weighted by Crippen LogP contribution is -2.31. The van der Waals surface area contributed by atoms with Crippen LogP contribution in [0.1, 0.15) is 27.2 Å². The van der Waals surface area contributed by atoms with Gasteiger partial charge in [-0.05, 0) is 29.3 Å². The zero-order chi connectivity index (χ0) is 19.2. The van der Waals surface area contributed by atoms with Crippen molar-refractivity contribution in [2.45, 2.75) is 13.1 Å². The molecule has 1 amide bonds. The van der Waals surface area contributed by atoms with Crippen molar-refractivity contribution in [2.75, 3.05) is 7.05 Å². The van der Waals surface area contributed by atoms with Crippen LogP contribution in [0, 0.1) is 11.3 Å². The van der Waals surface area contributed by atoms with Gasteiger partial charge in [0.05, 0.1) is 18.2 Å². The number of benzene rings is 2. The van der Waals surface area contributed by atoms with E-state index in [0.29, 0.717) is 18.7 Å². The second-order valence-electron chi connectivity index (χ2n) is 6.17. The fraction of sp³-hybridized carbons (Fsp3) is 0.143. The lowest BCUT2D eigenvalue weighted by atomic mass is 10.1. The SMILES string of the molecule is CN(Cc1cccc(C#N)c1)C(=O)c1ccc(=O)n(Cc2ccccc2)n1. The Balaban J connectivity index is 1.78. The summed E-state index contributed by atoms with van der Waals surface area (Å²) in [5.41, 5.74) is 2.26. The molecule has 0 unspecified atom stereocenters. The summed E-state index contributed by atoms with van der Waals surface area (Å²) in [4.78, 5) is 26.3. The number of carbonyl (C=O) groups excluding carboxylic acids is 1. The lowest BCUT2D eigenvalue weighted by Gasteiger charge is -2.17. The Morgan fingerprint density at radius 2 is 1.81 bits per heavy atom. The predicted molar refractivity (Wildman–Crippen MR) is 101 cm³/mol. The van der Waals surface area contributed by atoms with E-state index in [-0.39, 0.29) is 17.2 Å². The van der Waals surface area contributed by atoms with E-state index < -0.39 is 0 Å². The zero-order valence-electron chi connectivity index (χ0n) is 14.9. The molecule has 0 bridgehead atoms. The predicted octanol–water partition coefficient (Wildman–Crippen LogP) is 2.44. The highest BCUT2D eigenvalue weighted by Crippen LogP contribution is 2.09. The Bertz CT molecular complexity index is 1050. The van der Waals surface area contributed by atoms with Gasteiger partial charge in [0.25, 0.3) is 11.5 Å². The smallest absolute Gasteiger partial charge is 0.274 e. The highest BCUT2D eigenvalue weighted by atomic mass is 16.2. The molecule has 3 aromatic rings. The third-order valence-electron chi connectivity index (χ3n) is 4.08. The largest absolute Gasteiger partial charge is 0.336 e. The molecule has 0 saturated carbocycles. The third-order valence-corrected chi connectivity index (χ3v) is 4.08. The zero-order valence-corrected chi connectivity index (χ0v) is 14.9. The van der Waals surface area contributed by atoms with Crippen LogP contribution in [0.5, 0.6) is 0 Å². The summed E-state index contributed by atoms with van der Waals surface area (Å²) < 4.78 is 1.28. The molecule has 1 aromatic heterocycles. The highest BCUT2D eigenvalue weighted by molar-refractivity contribution is 5.91. The first-order valence-electron chi connectivity index (χ1n) is 8.43. The van der Waals surface area contributed by atoms with E-state index in [0.717, 1.165) is 11.1 Å². The Morgan fingerprint density at radius 3 is 2.56 bits per heavy atom. The quantitative estimate of drug-likeness (QED) is 0.702. The van der Waals surface area contributed by atoms with Gasteiger partial charge < -0.3 is 4.90 Å². The highest BCUT2D eigenvalue weighted by Gasteiger charge is 2.15. The fourth-order valence-electron chi connectivity index (χ4n) is 2.71. The van der Waals surface area contributed by atoms with Crippen molar-refractivity contribution in [1.29, 1.82) is 5.26 Å². The Kier molecular flexibility index (Phi) is 5.43. The van der Waals surface area contributed by atoms with Crippen LogP contribution in [0.4, 0.5) is 0 Å². The van der Waals surface area contributed by atoms with Gasteiger partial charge in [-0.3, -0.25) is 9.59 Å². The van der Waals surface area contributed by atoms with Crippen molar-refractivity contribution in [3.8, 4) is 6.07 Å². The Hall–Kier alpha value is -3.72. The summed E-state index contributed by atoms with van der Waals surface area (Å²) in [5.74, 6) is -0.292. The van der Waals surface area contributed by atoms with Crippen molar-refractivity contribution in [1.82, 2.24) is 14.7 Å². The summed E-state index contributed by atoms with van der Waals surface area (Å²) in [7, 11) is 1.66. The second kappa shape index (κ2) is 8.11. The molecule has 0 fully saturated rings. The Labute approximate surface area is 156 Å². The number of carbonyl (C=O) groups is 1. The van der Waals surface area contributed by atoms with Crippen molar-refractivity contribution >= 4 is 5.91 Å². The average Bonchev–Trinajstić information content (AvgIpc) is 2.70. The number of amides is 1. The number of hydrogen-bond donors (Lipinski definition) is 0. The van der Waals surface area contributed by atoms with Crippen LogP contribution in [-0.2, 0) is 13.1 Å². The molecule has 0 radical (unpaired) electrons. The molecule has 0 aliphatic rings. The van der Waals surface area contributed by atoms with Crippen LogP contribution in [0.15, 0.2) is 71.5 Å². The van der Waals surface area contributed by atoms with Gasteiger partial charge in [-0.15, -0.1) is 0 Å². The molecule has 0 saturated heterocycles. The minimum Gasteiger partial charge on any atom is -0.336 e. The monoisotopic (exact) mass is 358 g/mol. The van der Waals surface area contributed by atoms with Crippen LogP contribution >= 0.6 is 0 Å². The number of aromatic nitrogens is 2. The topological polar surface area (TPSA) is 79.0 Å². The Morgan fingerprint density at radius 1 is 1.07 bits per heavy atom. The molecule has 0 aliphatic heterocycles. The summed E-state index contributed by atoms with van der Waals surface area (Å²) in [5, 5.41) is 13.2. The van der Waals surface area contributed by atoms with Crippen LogP contribution in [0.3, 0.4) is 0 Å². The molecule has 0 aliphatic carbocycles. The van der Waals surface area contributed by atoms with Gasteiger partial charge in [-0.2, -0.15) is 10.4 Å². The molecule has 134 valence electrons. The van der Waals surface area contributed by atoms with Gasteiger partial charge in [-0.1, -0.05) is 42.5 Å². The fourth-order valence-corrected chi connectivity index (χ4v) is 2.71. The van der Waals surface area contributed by atoms with Crippen molar-refractivity contribution in [2.24, 2.45) is 0 Å². The van der Waals surface area contributed by atoms with Gasteiger partial charge in [-0.25, -0.2) is 4.68 Å². The normalized spacial score (nSPS) is 10.2. The van der Waals surface area contributed by atoms with Crippen molar-refractivity contribution in [3.63, 3.8) is 0 Å². The molecular weight excluding hydrogens is 340 g/mol. The second-order valence-corrected chi connectivity index (χ2v) is 6.17. The molecular formula is C21H18N4O2. The van der Waals surface area contributed by atoms with E-state index in [1.165, 1.54) is 21.7 Å². The maximum absolute atomic E-state index is 12.7. The first-order chi connectivity index (χ1) is 13.1. The molecule has 0 N–H and O–H groups in total. The number of nitriles is 1. The summed E-state index contributed by atoms with van der Waals surface area (Å²) in [6, 6.07) is 21.4. The van der Waals surface area contributed by atoms with Crippen LogP contribution < -0.4 is 5.56 Å². The van der Waals surface area contributed by atoms with Gasteiger partial charge in [0.2, 0.25) is 0 Å². The molecule has 1 heterocycles. The number of nitrogens with zero attached hydrogens (tertiary/aromatic N) is 4. The number of rotatable bonds is 5. The van der Waals surface area contributed by atoms with Gasteiger partial charge >= 0.3 is 0 Å². The maximum Gasteiger partial charge on any atom is 0.274 e. The van der Waals surface area contributed by atoms with E-state index in [2.05, 4.69) is 11.2 Å². The van der Waals surface area contributed by atoms with E-state index in [1.54, 1.807) is 25.2 Å². The van der Waals surface area contributed by atoms with Crippen molar-refractivity contribution < 1.29 is 4.79 Å². The van der Waals surface area contributed by atoms with Crippen LogP contribution in [0.25, 0.3) is 0 Å². The summed E-state index contributed by atoms with van der Waals surface area (Å²) in [6.07, 6.45) is 0. The number of hydrogen-bond acceptors (Lipinski definition) is 4. The maximum atomic E-state index is 12.7. The molecule has 0 spiro atoms. The molecule has 27 heavy (non-hydrogen) atoms. The average molecular weight is 358 g/mol. The van der Waals surface area contributed by atoms with Gasteiger partial charge in [0, 0.05) is 19.7 Å². The van der Waals surface area contributed by atoms with E-state index in [9.17, 15) is 9.59 Å². The standard InChI is InChI=1S/C21H18N4O2/c1-24(14-18-9-5-8-17(12-18)13-22)21(27)19-10-11-20(26)25(23-19)15-16-6-3-2-4-7-16/h2-12H,14-15H2,1H3. The molecule has 6 nitrogen and oxygen atoms in total. The summed E-state index contributed by atoms with van der Waals surface area (Å²) >= 11 is 0. The van der Waals surface area contributed by atoms with Crippen LogP contribution in [-0.4, -0.2) is 27.6 Å². The molecule has 2 aromatic carbocycles. The van der Waals surface area contributed by atoms with Gasteiger partial charge in [0.15, 0.2) is 0 Å². The van der Waals surface area contributed by atoms with Crippen LogP contribution in [0.2, 0.25) is 0 Å². The molecule has 3 rings (SSSR count). The van der Waals surface area contributed by atoms with E-state index in [4.69, 9.17) is 5.26 Å². The van der Waals surface area contributed by atoms with Crippen molar-refractivity contribution in [3.05, 3.63) is 99.5 Å².